The van der Waals surface area contributed by atoms with Gasteiger partial charge in [0.1, 0.15) is 5.52 Å². The van der Waals surface area contributed by atoms with E-state index in [4.69, 9.17) is 0 Å². The van der Waals surface area contributed by atoms with Crippen LogP contribution in [0.1, 0.15) is 20.3 Å². The minimum atomic E-state index is -5.39. The Morgan fingerprint density at radius 2 is 1.81 bits per heavy atom. The molecule has 7 nitrogen and oxygen atoms in total. The Kier molecular flexibility index (Phi) is 13.0. The molecule has 1 fully saturated rings. The molecule has 2 N–H and O–H groups in total. The van der Waals surface area contributed by atoms with Gasteiger partial charge in [0.25, 0.3) is 0 Å². The van der Waals surface area contributed by atoms with E-state index in [0.29, 0.717) is 17.9 Å². The molecule has 0 amide bonds. The zero-order valence-electron chi connectivity index (χ0n) is 12.8. The Labute approximate surface area is 173 Å². The molecule has 2 unspecified atom stereocenters. The minimum Gasteiger partial charge on any atom is -0.809 e. The molecule has 0 radical (unpaired) electrons. The Morgan fingerprint density at radius 1 is 1.29 bits per heavy atom. The van der Waals surface area contributed by atoms with Gasteiger partial charge >= 0.3 is 66.7 Å². The van der Waals surface area contributed by atoms with Gasteiger partial charge in [-0.3, -0.25) is 9.46 Å². The molecule has 0 spiro atoms. The second kappa shape index (κ2) is 10.6. The van der Waals surface area contributed by atoms with E-state index in [2.05, 4.69) is 0 Å². The second-order valence-electron chi connectivity index (χ2n) is 5.07. The fourth-order valence-electron chi connectivity index (χ4n) is 2.28. The summed E-state index contributed by atoms with van der Waals surface area (Å²) in [5.41, 5.74) is -2.23. The maximum absolute atomic E-state index is 11.4. The second-order valence-corrected chi connectivity index (χ2v) is 9.86. The van der Waals surface area contributed by atoms with Gasteiger partial charge in [-0.15, -0.1) is 0 Å². The molecule has 1 saturated heterocycles. The van der Waals surface area contributed by atoms with Crippen LogP contribution >= 0.6 is 27.0 Å². The number of nitrogens with zero attached hydrogens (tertiary/aromatic N) is 1. The van der Waals surface area contributed by atoms with Gasteiger partial charge in [0.15, 0.2) is 0 Å². The molecule has 1 aliphatic rings. The van der Waals surface area contributed by atoms with Gasteiger partial charge in [0.05, 0.1) is 0 Å². The molecule has 1 aliphatic heterocycles. The van der Waals surface area contributed by atoms with E-state index in [-0.39, 0.29) is 77.6 Å². The van der Waals surface area contributed by atoms with E-state index >= 15 is 0 Å². The van der Waals surface area contributed by atoms with Crippen LogP contribution in [0, 0.1) is 5.92 Å². The van der Waals surface area contributed by atoms with Gasteiger partial charge in [-0.2, -0.15) is 11.8 Å². The van der Waals surface area contributed by atoms with Crippen LogP contribution < -0.4 is 68.9 Å². The smallest absolute Gasteiger partial charge is 0.809 e. The fraction of sp³-hybridized carbons (Fsp3) is 1.00. The third-order valence-electron chi connectivity index (χ3n) is 2.90. The molecular formula is C9H19NNa2O6P2S. The molecule has 0 bridgehead atoms. The molecule has 0 aromatic rings. The Bertz CT molecular complexity index is 382. The van der Waals surface area contributed by atoms with E-state index in [9.17, 15) is 28.7 Å². The zero-order valence-corrected chi connectivity index (χ0v) is 19.4. The molecule has 0 aromatic carbocycles. The van der Waals surface area contributed by atoms with Crippen molar-refractivity contribution in [2.75, 3.05) is 18.1 Å². The van der Waals surface area contributed by atoms with Crippen molar-refractivity contribution >= 4 is 27.0 Å². The van der Waals surface area contributed by atoms with Crippen molar-refractivity contribution in [3.8, 4) is 0 Å². The van der Waals surface area contributed by atoms with Crippen molar-refractivity contribution in [3.05, 3.63) is 0 Å². The molecule has 0 aromatic heterocycles. The van der Waals surface area contributed by atoms with Crippen molar-refractivity contribution < 1.29 is 87.8 Å². The Hall–Kier alpha value is 2.61. The van der Waals surface area contributed by atoms with Crippen LogP contribution in [0.4, 0.5) is 0 Å². The van der Waals surface area contributed by atoms with E-state index < -0.39 is 20.7 Å². The minimum absolute atomic E-state index is 0. The summed E-state index contributed by atoms with van der Waals surface area (Å²) in [5.74, 6) is 1.39. The van der Waals surface area contributed by atoms with Gasteiger partial charge in [-0.1, -0.05) is 13.8 Å². The summed E-state index contributed by atoms with van der Waals surface area (Å²) in [6.07, 6.45) is 0.601. The monoisotopic (exact) mass is 377 g/mol. The number of rotatable bonds is 5. The summed E-state index contributed by atoms with van der Waals surface area (Å²) >= 11 is 1.60. The van der Waals surface area contributed by atoms with E-state index in [1.165, 1.54) is 4.90 Å². The quantitative estimate of drug-likeness (QED) is 0.358. The third kappa shape index (κ3) is 8.50. The number of hydrogen-bond acceptors (Lipinski definition) is 6. The standard InChI is InChI=1S/C9H21NO6P2S.2Na/c1-7(2)5-8-6-19-4-3-10(8)9(17(11,12)13)18(14,15)16;;/h7-9H,3-6H2,1-2H3,(H2,11,12,13)(H2,14,15,16);;/q;2*+1/p-2. The van der Waals surface area contributed by atoms with Crippen molar-refractivity contribution in [2.45, 2.75) is 31.8 Å². The largest absolute Gasteiger partial charge is 1.00 e. The Morgan fingerprint density at radius 3 is 2.19 bits per heavy atom. The maximum Gasteiger partial charge on any atom is 1.00 e. The van der Waals surface area contributed by atoms with E-state index in [0.717, 1.165) is 0 Å². The molecule has 21 heavy (non-hydrogen) atoms. The maximum atomic E-state index is 11.4. The van der Waals surface area contributed by atoms with Crippen LogP contribution in [0.2, 0.25) is 0 Å². The van der Waals surface area contributed by atoms with Gasteiger partial charge in [-0.05, 0) is 19.9 Å². The molecule has 12 heteroatoms. The van der Waals surface area contributed by atoms with Gasteiger partial charge in [-0.25, -0.2) is 0 Å². The average Bonchev–Trinajstić information content (AvgIpc) is 2.15. The Balaban J connectivity index is 0. The summed E-state index contributed by atoms with van der Waals surface area (Å²) < 4.78 is 22.6. The normalized spacial score (nSPS) is 22.3. The molecule has 0 saturated carbocycles. The first kappa shape index (κ1) is 25.8. The molecule has 1 rings (SSSR count). The average molecular weight is 377 g/mol. The predicted molar refractivity (Wildman–Crippen MR) is 70.7 cm³/mol. The first-order chi connectivity index (χ1) is 8.53. The molecule has 0 aliphatic carbocycles. The summed E-state index contributed by atoms with van der Waals surface area (Å²) in [6, 6.07) is -0.299. The van der Waals surface area contributed by atoms with Crippen molar-refractivity contribution in [1.82, 2.24) is 4.90 Å². The van der Waals surface area contributed by atoms with Crippen molar-refractivity contribution in [3.63, 3.8) is 0 Å². The van der Waals surface area contributed by atoms with Crippen LogP contribution in [0.25, 0.3) is 0 Å². The van der Waals surface area contributed by atoms with Gasteiger partial charge in [0.2, 0.25) is 0 Å². The van der Waals surface area contributed by atoms with Gasteiger partial charge in [0, 0.05) is 24.1 Å². The van der Waals surface area contributed by atoms with Crippen LogP contribution in [-0.4, -0.2) is 44.3 Å². The molecule has 2 atom stereocenters. The first-order valence-corrected chi connectivity index (χ1v) is 10.4. The fourth-order valence-corrected chi connectivity index (χ4v) is 6.22. The molecular weight excluding hydrogens is 358 g/mol. The summed E-state index contributed by atoms with van der Waals surface area (Å²) in [5, 5.41) is 0. The van der Waals surface area contributed by atoms with Crippen molar-refractivity contribution in [1.29, 1.82) is 0 Å². The summed E-state index contributed by atoms with van der Waals surface area (Å²) in [6.45, 7) is 4.09. The summed E-state index contributed by atoms with van der Waals surface area (Å²) in [7, 11) is -10.4. The van der Waals surface area contributed by atoms with Crippen LogP contribution in [0.3, 0.4) is 0 Å². The van der Waals surface area contributed by atoms with Crippen LogP contribution in [-0.2, 0) is 9.13 Å². The third-order valence-corrected chi connectivity index (χ3v) is 7.50. The van der Waals surface area contributed by atoms with E-state index in [1.807, 2.05) is 13.8 Å². The van der Waals surface area contributed by atoms with Gasteiger partial charge < -0.3 is 24.1 Å². The van der Waals surface area contributed by atoms with Crippen LogP contribution in [0.15, 0.2) is 0 Å². The molecule has 1 heterocycles. The molecule has 114 valence electrons. The number of thioether (sulfide) groups is 1. The van der Waals surface area contributed by atoms with Crippen LogP contribution in [0.5, 0.6) is 0 Å². The van der Waals surface area contributed by atoms with E-state index in [1.54, 1.807) is 11.8 Å². The number of hydrogen-bond donors (Lipinski definition) is 2. The van der Waals surface area contributed by atoms with Crippen molar-refractivity contribution in [2.24, 2.45) is 5.92 Å². The first-order valence-electron chi connectivity index (χ1n) is 5.94. The predicted octanol–water partition coefficient (Wildman–Crippen LogP) is -6.17. The SMILES string of the molecule is CC(C)CC1CSCCN1C(P(=O)([O-])[O-])P(=O)(O)O.[Na+].[Na+]. The topological polar surface area (TPSA) is 124 Å². The summed E-state index contributed by atoms with van der Waals surface area (Å²) in [4.78, 5) is 42.1. The zero-order chi connectivity index (χ0) is 14.8.